The molecule has 100 valence electrons. The van der Waals surface area contributed by atoms with Crippen LogP contribution in [0, 0.1) is 12.8 Å². The van der Waals surface area contributed by atoms with Crippen LogP contribution in [-0.4, -0.2) is 31.6 Å². The molecule has 0 radical (unpaired) electrons. The Morgan fingerprint density at radius 1 is 1.39 bits per heavy atom. The maximum Gasteiger partial charge on any atom is 0.0499 e. The van der Waals surface area contributed by atoms with Crippen molar-refractivity contribution >= 4 is 33.2 Å². The molecule has 0 saturated carbocycles. The number of nitrogens with one attached hydrogen (secondary N) is 1. The van der Waals surface area contributed by atoms with Crippen molar-refractivity contribution in [2.24, 2.45) is 5.92 Å². The maximum absolute atomic E-state index is 6.16. The van der Waals surface area contributed by atoms with Crippen molar-refractivity contribution in [3.05, 3.63) is 27.2 Å². The van der Waals surface area contributed by atoms with Gasteiger partial charge in [0.2, 0.25) is 0 Å². The van der Waals surface area contributed by atoms with E-state index < -0.39 is 0 Å². The third-order valence-electron chi connectivity index (χ3n) is 3.67. The maximum atomic E-state index is 6.16. The van der Waals surface area contributed by atoms with E-state index in [9.17, 15) is 0 Å². The average molecular weight is 332 g/mol. The number of nitrogens with zero attached hydrogens (tertiary/aromatic N) is 1. The number of aryl methyl sites for hydroxylation is 1. The Labute approximate surface area is 123 Å². The van der Waals surface area contributed by atoms with Crippen molar-refractivity contribution in [3.8, 4) is 0 Å². The topological polar surface area (TPSA) is 15.3 Å². The van der Waals surface area contributed by atoms with Gasteiger partial charge >= 0.3 is 0 Å². The van der Waals surface area contributed by atoms with Gasteiger partial charge in [-0.1, -0.05) is 11.6 Å². The van der Waals surface area contributed by atoms with Crippen molar-refractivity contribution in [1.82, 2.24) is 4.90 Å². The van der Waals surface area contributed by atoms with Gasteiger partial charge in [0.15, 0.2) is 0 Å². The molecular weight excluding hydrogens is 312 g/mol. The molecule has 4 heteroatoms. The van der Waals surface area contributed by atoms with Crippen LogP contribution in [0.2, 0.25) is 5.02 Å². The van der Waals surface area contributed by atoms with Crippen LogP contribution in [0.4, 0.5) is 5.69 Å². The number of rotatable bonds is 3. The smallest absolute Gasteiger partial charge is 0.0499 e. The van der Waals surface area contributed by atoms with Gasteiger partial charge in [0.05, 0.1) is 0 Å². The Hall–Kier alpha value is -0.250. The Balaban J connectivity index is 1.92. The molecular formula is C14H20BrClN2. The third-order valence-corrected chi connectivity index (χ3v) is 4.73. The standard InChI is InChI=1S/C14H20BrClN2/c1-10-7-12(15)14(8-13(10)16)17-9-11-3-5-18(2)6-4-11/h7-8,11,17H,3-6,9H2,1-2H3. The van der Waals surface area contributed by atoms with Crippen LogP contribution < -0.4 is 5.32 Å². The van der Waals surface area contributed by atoms with Crippen molar-refractivity contribution in [3.63, 3.8) is 0 Å². The second kappa shape index (κ2) is 6.27. The first-order valence-corrected chi connectivity index (χ1v) is 7.61. The molecule has 0 atom stereocenters. The van der Waals surface area contributed by atoms with Crippen LogP contribution in [-0.2, 0) is 0 Å². The van der Waals surface area contributed by atoms with E-state index in [0.717, 1.165) is 33.2 Å². The van der Waals surface area contributed by atoms with E-state index in [4.69, 9.17) is 11.6 Å². The van der Waals surface area contributed by atoms with Crippen LogP contribution in [0.5, 0.6) is 0 Å². The molecule has 18 heavy (non-hydrogen) atoms. The number of piperidine rings is 1. The molecule has 2 rings (SSSR count). The lowest BCUT2D eigenvalue weighted by atomic mass is 9.97. The zero-order valence-corrected chi connectivity index (χ0v) is 13.3. The number of benzene rings is 1. The summed E-state index contributed by atoms with van der Waals surface area (Å²) in [6, 6.07) is 4.08. The lowest BCUT2D eigenvalue weighted by Crippen LogP contribution is -2.32. The van der Waals surface area contributed by atoms with E-state index in [1.54, 1.807) is 0 Å². The lowest BCUT2D eigenvalue weighted by Gasteiger charge is -2.29. The molecule has 1 aromatic rings. The molecule has 0 amide bonds. The van der Waals surface area contributed by atoms with Gasteiger partial charge in [-0.25, -0.2) is 0 Å². The minimum Gasteiger partial charge on any atom is -0.384 e. The highest BCUT2D eigenvalue weighted by Gasteiger charge is 2.16. The van der Waals surface area contributed by atoms with Gasteiger partial charge in [-0.05, 0) is 79.4 Å². The molecule has 1 aromatic carbocycles. The first-order valence-electron chi connectivity index (χ1n) is 6.44. The first-order chi connectivity index (χ1) is 8.56. The predicted octanol–water partition coefficient (Wildman–Crippen LogP) is 4.16. The van der Waals surface area contributed by atoms with Gasteiger partial charge in [0.1, 0.15) is 0 Å². The fraction of sp³-hybridized carbons (Fsp3) is 0.571. The molecule has 1 N–H and O–H groups in total. The molecule has 0 aromatic heterocycles. The number of hydrogen-bond acceptors (Lipinski definition) is 2. The lowest BCUT2D eigenvalue weighted by molar-refractivity contribution is 0.226. The minimum atomic E-state index is 0.771. The highest BCUT2D eigenvalue weighted by molar-refractivity contribution is 9.10. The molecule has 0 unspecified atom stereocenters. The average Bonchev–Trinajstić information content (AvgIpc) is 2.34. The fourth-order valence-corrected chi connectivity index (χ4v) is 3.06. The summed E-state index contributed by atoms with van der Waals surface area (Å²) >= 11 is 9.75. The van der Waals surface area contributed by atoms with Gasteiger partial charge in [-0.2, -0.15) is 0 Å². The third kappa shape index (κ3) is 3.62. The highest BCUT2D eigenvalue weighted by atomic mass is 79.9. The highest BCUT2D eigenvalue weighted by Crippen LogP contribution is 2.29. The van der Waals surface area contributed by atoms with Crippen LogP contribution in [0.15, 0.2) is 16.6 Å². The van der Waals surface area contributed by atoms with Crippen molar-refractivity contribution in [1.29, 1.82) is 0 Å². The summed E-state index contributed by atoms with van der Waals surface area (Å²) in [6.45, 7) is 5.48. The number of likely N-dealkylation sites (tertiary alicyclic amines) is 1. The first kappa shape index (κ1) is 14.2. The molecule has 0 aliphatic carbocycles. The molecule has 2 nitrogen and oxygen atoms in total. The SMILES string of the molecule is Cc1cc(Br)c(NCC2CCN(C)CC2)cc1Cl. The zero-order valence-electron chi connectivity index (χ0n) is 11.0. The summed E-state index contributed by atoms with van der Waals surface area (Å²) in [5.41, 5.74) is 2.21. The quantitative estimate of drug-likeness (QED) is 0.894. The molecule has 0 spiro atoms. The van der Waals surface area contributed by atoms with Gasteiger partial charge in [-0.15, -0.1) is 0 Å². The van der Waals surface area contributed by atoms with Crippen LogP contribution in [0.3, 0.4) is 0 Å². The van der Waals surface area contributed by atoms with Gasteiger partial charge < -0.3 is 10.2 Å². The van der Waals surface area contributed by atoms with Crippen LogP contribution in [0.25, 0.3) is 0 Å². The van der Waals surface area contributed by atoms with Gasteiger partial charge in [-0.3, -0.25) is 0 Å². The summed E-state index contributed by atoms with van der Waals surface area (Å²) in [6.07, 6.45) is 2.56. The Kier molecular flexibility index (Phi) is 4.93. The predicted molar refractivity (Wildman–Crippen MR) is 82.6 cm³/mol. The van der Waals surface area contributed by atoms with Gasteiger partial charge in [0, 0.05) is 21.7 Å². The van der Waals surface area contributed by atoms with Crippen molar-refractivity contribution < 1.29 is 0 Å². The number of halogens is 2. The Morgan fingerprint density at radius 3 is 2.72 bits per heavy atom. The normalized spacial score (nSPS) is 18.0. The largest absolute Gasteiger partial charge is 0.384 e. The number of hydrogen-bond donors (Lipinski definition) is 1. The second-order valence-corrected chi connectivity index (χ2v) is 6.47. The summed E-state index contributed by atoms with van der Waals surface area (Å²) in [7, 11) is 2.19. The molecule has 1 aliphatic heterocycles. The molecule has 1 aliphatic rings. The van der Waals surface area contributed by atoms with Crippen LogP contribution in [0.1, 0.15) is 18.4 Å². The fourth-order valence-electron chi connectivity index (χ4n) is 2.30. The van der Waals surface area contributed by atoms with E-state index in [1.165, 1.54) is 25.9 Å². The second-order valence-electron chi connectivity index (χ2n) is 5.21. The Bertz CT molecular complexity index is 415. The zero-order chi connectivity index (χ0) is 13.1. The summed E-state index contributed by atoms with van der Waals surface area (Å²) in [5, 5.41) is 4.34. The van der Waals surface area contributed by atoms with E-state index in [-0.39, 0.29) is 0 Å². The summed E-state index contributed by atoms with van der Waals surface area (Å²) in [4.78, 5) is 2.40. The molecule has 1 fully saturated rings. The molecule has 0 bridgehead atoms. The van der Waals surface area contributed by atoms with E-state index in [2.05, 4.69) is 39.3 Å². The van der Waals surface area contributed by atoms with Crippen molar-refractivity contribution in [2.75, 3.05) is 32.0 Å². The minimum absolute atomic E-state index is 0.771. The summed E-state index contributed by atoms with van der Waals surface area (Å²) in [5.74, 6) is 0.771. The summed E-state index contributed by atoms with van der Waals surface area (Å²) < 4.78 is 1.09. The van der Waals surface area contributed by atoms with Crippen LogP contribution >= 0.6 is 27.5 Å². The monoisotopic (exact) mass is 330 g/mol. The van der Waals surface area contributed by atoms with E-state index in [0.29, 0.717) is 0 Å². The van der Waals surface area contributed by atoms with E-state index in [1.807, 2.05) is 13.0 Å². The molecule has 1 heterocycles. The van der Waals surface area contributed by atoms with Gasteiger partial charge in [0.25, 0.3) is 0 Å². The Morgan fingerprint density at radius 2 is 2.06 bits per heavy atom. The van der Waals surface area contributed by atoms with E-state index >= 15 is 0 Å². The van der Waals surface area contributed by atoms with Crippen molar-refractivity contribution in [2.45, 2.75) is 19.8 Å². The number of anilines is 1. The molecule has 1 saturated heterocycles.